The van der Waals surface area contributed by atoms with Gasteiger partial charge in [-0.1, -0.05) is 164 Å². The van der Waals surface area contributed by atoms with Crippen LogP contribution in [0.2, 0.25) is 0 Å². The molecule has 0 aliphatic carbocycles. The highest BCUT2D eigenvalue weighted by atomic mass is 15.1. The molecule has 0 spiro atoms. The minimum atomic E-state index is 1.11. The molecule has 11 aromatic carbocycles. The number of fused-ring (bicyclic) bond motifs is 9. The predicted octanol–water partition coefficient (Wildman–Crippen LogP) is 15.4. The molecule has 0 radical (unpaired) electrons. The van der Waals surface area contributed by atoms with Crippen molar-refractivity contribution < 1.29 is 0 Å². The van der Waals surface area contributed by atoms with Crippen molar-refractivity contribution in [3.05, 3.63) is 212 Å². The zero-order valence-corrected chi connectivity index (χ0v) is 30.2. The predicted molar refractivity (Wildman–Crippen MR) is 237 cm³/mol. The Morgan fingerprint density at radius 2 is 0.509 bits per heavy atom. The van der Waals surface area contributed by atoms with E-state index in [2.05, 4.69) is 217 Å². The molecule has 0 atom stereocenters. The summed E-state index contributed by atoms with van der Waals surface area (Å²) < 4.78 is 0. The fourth-order valence-corrected chi connectivity index (χ4v) is 8.58. The van der Waals surface area contributed by atoms with Crippen LogP contribution in [0.1, 0.15) is 0 Å². The van der Waals surface area contributed by atoms with E-state index in [0.717, 1.165) is 17.1 Å². The van der Waals surface area contributed by atoms with E-state index in [-0.39, 0.29) is 0 Å². The van der Waals surface area contributed by atoms with Gasteiger partial charge in [-0.15, -0.1) is 0 Å². The fourth-order valence-electron chi connectivity index (χ4n) is 8.58. The lowest BCUT2D eigenvalue weighted by Gasteiger charge is -2.26. The molecule has 0 unspecified atom stereocenters. The molecule has 1 heteroatoms. The lowest BCUT2D eigenvalue weighted by atomic mass is 9.97. The summed E-state index contributed by atoms with van der Waals surface area (Å²) in [5, 5.41) is 15.2. The van der Waals surface area contributed by atoms with Gasteiger partial charge in [-0.3, -0.25) is 0 Å². The van der Waals surface area contributed by atoms with Gasteiger partial charge in [0.2, 0.25) is 0 Å². The van der Waals surface area contributed by atoms with Crippen LogP contribution in [0, 0.1) is 0 Å². The van der Waals surface area contributed by atoms with Gasteiger partial charge in [0, 0.05) is 17.1 Å². The smallest absolute Gasteiger partial charge is 0.0468 e. The number of anilines is 3. The van der Waals surface area contributed by atoms with Gasteiger partial charge in [0.25, 0.3) is 0 Å². The number of rotatable bonds is 5. The van der Waals surface area contributed by atoms with Gasteiger partial charge in [0.1, 0.15) is 0 Å². The van der Waals surface area contributed by atoms with Gasteiger partial charge in [-0.2, -0.15) is 0 Å². The fraction of sp³-hybridized carbons (Fsp3) is 0. The van der Waals surface area contributed by atoms with Crippen molar-refractivity contribution in [2.24, 2.45) is 0 Å². The maximum atomic E-state index is 2.38. The molecule has 0 saturated carbocycles. The van der Waals surface area contributed by atoms with Gasteiger partial charge >= 0.3 is 0 Å². The average molecular weight is 698 g/mol. The van der Waals surface area contributed by atoms with Crippen LogP contribution in [-0.4, -0.2) is 0 Å². The molecule has 11 aromatic rings. The molecule has 0 bridgehead atoms. The Balaban J connectivity index is 0.989. The highest BCUT2D eigenvalue weighted by Crippen LogP contribution is 2.40. The van der Waals surface area contributed by atoms with Crippen molar-refractivity contribution in [2.75, 3.05) is 4.90 Å². The number of benzene rings is 11. The normalized spacial score (nSPS) is 11.6. The van der Waals surface area contributed by atoms with E-state index < -0.39 is 0 Å². The second kappa shape index (κ2) is 12.7. The van der Waals surface area contributed by atoms with Crippen molar-refractivity contribution in [3.63, 3.8) is 0 Å². The Kier molecular flexibility index (Phi) is 7.25. The van der Waals surface area contributed by atoms with Gasteiger partial charge in [0.15, 0.2) is 0 Å². The van der Waals surface area contributed by atoms with Crippen LogP contribution in [-0.2, 0) is 0 Å². The van der Waals surface area contributed by atoms with Crippen LogP contribution in [0.3, 0.4) is 0 Å². The van der Waals surface area contributed by atoms with E-state index in [0.29, 0.717) is 0 Å². The lowest BCUT2D eigenvalue weighted by molar-refractivity contribution is 1.29. The first-order valence-electron chi connectivity index (χ1n) is 19.0. The van der Waals surface area contributed by atoms with Gasteiger partial charge in [-0.25, -0.2) is 0 Å². The van der Waals surface area contributed by atoms with Gasteiger partial charge in [0.05, 0.1) is 0 Å². The van der Waals surface area contributed by atoms with Crippen molar-refractivity contribution in [2.45, 2.75) is 0 Å². The minimum Gasteiger partial charge on any atom is -0.310 e. The van der Waals surface area contributed by atoms with Crippen LogP contribution in [0.4, 0.5) is 17.1 Å². The van der Waals surface area contributed by atoms with Crippen molar-refractivity contribution in [3.8, 4) is 22.3 Å². The Morgan fingerprint density at radius 3 is 0.945 bits per heavy atom. The SMILES string of the molecule is c1ccc2c(c1)ccc1cc(-c3ccc(N(c4ccc(-c5ccc6c(ccc7ccccc76)c5)cc4)c4ccc5c(ccc6ccccc65)c4)cc3)ccc12. The van der Waals surface area contributed by atoms with E-state index in [4.69, 9.17) is 0 Å². The van der Waals surface area contributed by atoms with E-state index in [1.165, 1.54) is 86.9 Å². The monoisotopic (exact) mass is 697 g/mol. The summed E-state index contributed by atoms with van der Waals surface area (Å²) in [6, 6.07) is 77.9. The zero-order valence-electron chi connectivity index (χ0n) is 30.2. The maximum Gasteiger partial charge on any atom is 0.0468 e. The summed E-state index contributed by atoms with van der Waals surface area (Å²) in [6.07, 6.45) is 0. The molecule has 0 saturated heterocycles. The molecule has 0 fully saturated rings. The molecule has 0 aromatic heterocycles. The van der Waals surface area contributed by atoms with Crippen molar-refractivity contribution in [1.82, 2.24) is 0 Å². The molecule has 0 aliphatic heterocycles. The standard InChI is InChI=1S/C54H35N/c1-4-10-49-38(7-1)13-16-43-33-41(23-30-52(43)49)36-19-25-46(26-20-36)55(48-29-32-54-45(35-48)18-15-40-9-3-6-12-51(40)54)47-27-21-37(22-28-47)42-24-31-53-44(34-42)17-14-39-8-2-5-11-50(39)53/h1-35H. The maximum absolute atomic E-state index is 2.38. The van der Waals surface area contributed by atoms with Crippen molar-refractivity contribution in [1.29, 1.82) is 0 Å². The third-order valence-electron chi connectivity index (χ3n) is 11.4. The van der Waals surface area contributed by atoms with Crippen LogP contribution in [0.25, 0.3) is 86.9 Å². The summed E-state index contributed by atoms with van der Waals surface area (Å²) in [4.78, 5) is 2.38. The van der Waals surface area contributed by atoms with E-state index in [1.54, 1.807) is 0 Å². The number of hydrogen-bond donors (Lipinski definition) is 0. The summed E-state index contributed by atoms with van der Waals surface area (Å²) in [5.41, 5.74) is 8.17. The minimum absolute atomic E-state index is 1.11. The molecule has 0 N–H and O–H groups in total. The first-order valence-corrected chi connectivity index (χ1v) is 19.0. The molecule has 55 heavy (non-hydrogen) atoms. The Hall–Kier alpha value is -7.22. The highest BCUT2D eigenvalue weighted by molar-refractivity contribution is 6.10. The van der Waals surface area contributed by atoms with Crippen LogP contribution in [0.5, 0.6) is 0 Å². The largest absolute Gasteiger partial charge is 0.310 e. The summed E-state index contributed by atoms with van der Waals surface area (Å²) in [7, 11) is 0. The average Bonchev–Trinajstić information content (AvgIpc) is 3.26. The molecular weight excluding hydrogens is 663 g/mol. The second-order valence-corrected chi connectivity index (χ2v) is 14.6. The first kappa shape index (κ1) is 31.3. The Bertz CT molecular complexity index is 3090. The highest BCUT2D eigenvalue weighted by Gasteiger charge is 2.15. The molecule has 0 aliphatic rings. The summed E-state index contributed by atoms with van der Waals surface area (Å²) in [5.74, 6) is 0. The van der Waals surface area contributed by atoms with Crippen LogP contribution in [0.15, 0.2) is 212 Å². The summed E-state index contributed by atoms with van der Waals surface area (Å²) >= 11 is 0. The number of hydrogen-bond acceptors (Lipinski definition) is 1. The first-order chi connectivity index (χ1) is 27.2. The van der Waals surface area contributed by atoms with Crippen LogP contribution >= 0.6 is 0 Å². The van der Waals surface area contributed by atoms with Gasteiger partial charge < -0.3 is 4.90 Å². The lowest BCUT2D eigenvalue weighted by Crippen LogP contribution is -2.09. The van der Waals surface area contributed by atoms with Gasteiger partial charge in [-0.05, 0) is 135 Å². The molecule has 1 nitrogen and oxygen atoms in total. The number of nitrogens with zero attached hydrogens (tertiary/aromatic N) is 1. The third kappa shape index (κ3) is 5.40. The van der Waals surface area contributed by atoms with E-state index >= 15 is 0 Å². The molecule has 0 amide bonds. The zero-order chi connectivity index (χ0) is 36.3. The Morgan fingerprint density at radius 1 is 0.200 bits per heavy atom. The third-order valence-corrected chi connectivity index (χ3v) is 11.4. The second-order valence-electron chi connectivity index (χ2n) is 14.6. The molecule has 256 valence electrons. The van der Waals surface area contributed by atoms with Crippen LogP contribution < -0.4 is 4.90 Å². The van der Waals surface area contributed by atoms with E-state index in [9.17, 15) is 0 Å². The van der Waals surface area contributed by atoms with E-state index in [1.807, 2.05) is 0 Å². The summed E-state index contributed by atoms with van der Waals surface area (Å²) in [6.45, 7) is 0. The quantitative estimate of drug-likeness (QED) is 0.162. The molecule has 11 rings (SSSR count). The molecular formula is C54H35N. The molecule has 0 heterocycles. The Labute approximate surface area is 320 Å². The topological polar surface area (TPSA) is 3.24 Å². The van der Waals surface area contributed by atoms with Crippen molar-refractivity contribution >= 4 is 81.7 Å².